The van der Waals surface area contributed by atoms with Crippen molar-refractivity contribution in [2.75, 3.05) is 30.8 Å². The normalized spacial score (nSPS) is 14.7. The third-order valence-electron chi connectivity index (χ3n) is 6.42. The highest BCUT2D eigenvalue weighted by atomic mass is 19.1. The van der Waals surface area contributed by atoms with Crippen molar-refractivity contribution in [3.8, 4) is 17.0 Å². The molecule has 2 N–H and O–H groups in total. The number of hydrogen-bond acceptors (Lipinski definition) is 6. The van der Waals surface area contributed by atoms with Gasteiger partial charge in [-0.25, -0.2) is 9.37 Å². The molecule has 0 radical (unpaired) electrons. The lowest BCUT2D eigenvalue weighted by Gasteiger charge is -2.32. The minimum Gasteiger partial charge on any atom is -0.497 e. The molecule has 0 amide bonds. The van der Waals surface area contributed by atoms with E-state index in [1.54, 1.807) is 23.9 Å². The maximum Gasteiger partial charge on any atom is 0.228 e. The van der Waals surface area contributed by atoms with Gasteiger partial charge in [-0.3, -0.25) is 4.68 Å². The Morgan fingerprint density at radius 2 is 1.85 bits per heavy atom. The number of nitrogens with two attached hydrogens (primary N) is 1. The van der Waals surface area contributed by atoms with Crippen LogP contribution in [0.15, 0.2) is 48.5 Å². The number of aromatic nitrogens is 4. The summed E-state index contributed by atoms with van der Waals surface area (Å²) >= 11 is 0. The average Bonchev–Trinajstić information content (AvgIpc) is 3.13. The van der Waals surface area contributed by atoms with Crippen LogP contribution in [0, 0.1) is 11.7 Å². The zero-order valence-electron chi connectivity index (χ0n) is 18.8. The first-order valence-electron chi connectivity index (χ1n) is 11.2. The second-order valence-corrected chi connectivity index (χ2v) is 8.55. The number of fused-ring (bicyclic) bond motifs is 1. The first kappa shape index (κ1) is 21.2. The molecule has 1 aliphatic rings. The number of methoxy groups -OCH3 is 1. The van der Waals surface area contributed by atoms with Crippen molar-refractivity contribution >= 4 is 22.8 Å². The lowest BCUT2D eigenvalue weighted by atomic mass is 9.90. The van der Waals surface area contributed by atoms with E-state index in [2.05, 4.69) is 34.3 Å². The lowest BCUT2D eigenvalue weighted by molar-refractivity contribution is 0.401. The van der Waals surface area contributed by atoms with E-state index >= 15 is 0 Å². The van der Waals surface area contributed by atoms with Crippen LogP contribution in [0.5, 0.6) is 5.75 Å². The van der Waals surface area contributed by atoms with Gasteiger partial charge in [-0.05, 0) is 42.9 Å². The SMILES string of the molecule is COc1ccc(-c2nc(N3CCC(Cc4ccccc4)CC3)nc3nn(C)c(N)c23)c(F)c1. The van der Waals surface area contributed by atoms with Gasteiger partial charge in [0.2, 0.25) is 5.95 Å². The highest BCUT2D eigenvalue weighted by Crippen LogP contribution is 2.35. The van der Waals surface area contributed by atoms with Gasteiger partial charge < -0.3 is 15.4 Å². The van der Waals surface area contributed by atoms with E-state index < -0.39 is 5.82 Å². The summed E-state index contributed by atoms with van der Waals surface area (Å²) in [5.74, 6) is 1.61. The first-order valence-corrected chi connectivity index (χ1v) is 11.2. The van der Waals surface area contributed by atoms with Crippen LogP contribution in [0.25, 0.3) is 22.3 Å². The molecule has 1 saturated heterocycles. The highest BCUT2D eigenvalue weighted by Gasteiger charge is 2.25. The third-order valence-corrected chi connectivity index (χ3v) is 6.42. The Bertz CT molecular complexity index is 1280. The predicted molar refractivity (Wildman–Crippen MR) is 128 cm³/mol. The Labute approximate surface area is 192 Å². The molecule has 0 unspecified atom stereocenters. The van der Waals surface area contributed by atoms with Crippen LogP contribution in [-0.4, -0.2) is 39.9 Å². The number of piperidine rings is 1. The summed E-state index contributed by atoms with van der Waals surface area (Å²) in [5.41, 5.74) is 8.90. The molecule has 0 bridgehead atoms. The Kier molecular flexibility index (Phi) is 5.58. The fourth-order valence-corrected chi connectivity index (χ4v) is 4.54. The molecule has 7 nitrogen and oxygen atoms in total. The number of nitrogens with zero attached hydrogens (tertiary/aromatic N) is 5. The van der Waals surface area contributed by atoms with Crippen molar-refractivity contribution in [3.63, 3.8) is 0 Å². The van der Waals surface area contributed by atoms with E-state index in [0.717, 1.165) is 32.4 Å². The van der Waals surface area contributed by atoms with Crippen molar-refractivity contribution < 1.29 is 9.13 Å². The van der Waals surface area contributed by atoms with E-state index in [0.29, 0.717) is 45.7 Å². The molecule has 170 valence electrons. The highest BCUT2D eigenvalue weighted by molar-refractivity contribution is 5.99. The lowest BCUT2D eigenvalue weighted by Crippen LogP contribution is -2.35. The number of halogens is 1. The number of aryl methyl sites for hydroxylation is 1. The summed E-state index contributed by atoms with van der Waals surface area (Å²) in [5, 5.41) is 5.01. The maximum atomic E-state index is 15.0. The van der Waals surface area contributed by atoms with Crippen molar-refractivity contribution in [3.05, 3.63) is 59.9 Å². The fraction of sp³-hybridized carbons (Fsp3) is 0.320. The molecule has 1 aliphatic heterocycles. The van der Waals surface area contributed by atoms with Crippen molar-refractivity contribution in [1.82, 2.24) is 19.7 Å². The number of rotatable bonds is 5. The third kappa shape index (κ3) is 4.08. The molecule has 0 aliphatic carbocycles. The minimum absolute atomic E-state index is 0.350. The molecular weight excluding hydrogens is 419 g/mol. The summed E-state index contributed by atoms with van der Waals surface area (Å²) < 4.78 is 21.7. The smallest absolute Gasteiger partial charge is 0.228 e. The molecule has 3 heterocycles. The number of anilines is 2. The van der Waals surface area contributed by atoms with Gasteiger partial charge >= 0.3 is 0 Å². The summed E-state index contributed by atoms with van der Waals surface area (Å²) in [4.78, 5) is 11.7. The van der Waals surface area contributed by atoms with E-state index in [1.807, 2.05) is 6.07 Å². The van der Waals surface area contributed by atoms with Gasteiger partial charge in [0.1, 0.15) is 17.4 Å². The van der Waals surface area contributed by atoms with Gasteiger partial charge in [0.25, 0.3) is 0 Å². The second-order valence-electron chi connectivity index (χ2n) is 8.55. The summed E-state index contributed by atoms with van der Waals surface area (Å²) in [6.45, 7) is 1.69. The van der Waals surface area contributed by atoms with Gasteiger partial charge in [-0.1, -0.05) is 30.3 Å². The number of hydrogen-bond donors (Lipinski definition) is 1. The van der Waals surface area contributed by atoms with Gasteiger partial charge in [-0.2, -0.15) is 10.1 Å². The second kappa shape index (κ2) is 8.69. The van der Waals surface area contributed by atoms with Crippen LogP contribution in [-0.2, 0) is 13.5 Å². The zero-order valence-corrected chi connectivity index (χ0v) is 18.8. The summed E-state index contributed by atoms with van der Waals surface area (Å²) in [7, 11) is 3.26. The van der Waals surface area contributed by atoms with Gasteiger partial charge in [0.05, 0.1) is 18.2 Å². The van der Waals surface area contributed by atoms with Gasteiger partial charge in [0, 0.05) is 31.8 Å². The minimum atomic E-state index is -0.426. The molecule has 2 aromatic carbocycles. The van der Waals surface area contributed by atoms with Gasteiger partial charge in [-0.15, -0.1) is 0 Å². The number of nitrogen functional groups attached to an aromatic ring is 1. The maximum absolute atomic E-state index is 15.0. The summed E-state index contributed by atoms with van der Waals surface area (Å²) in [6, 6.07) is 15.3. The topological polar surface area (TPSA) is 82.1 Å². The molecule has 0 atom stereocenters. The molecule has 2 aromatic heterocycles. The van der Waals surface area contributed by atoms with Crippen LogP contribution in [0.4, 0.5) is 16.2 Å². The Morgan fingerprint density at radius 1 is 1.09 bits per heavy atom. The largest absolute Gasteiger partial charge is 0.497 e. The van der Waals surface area contributed by atoms with Crippen LogP contribution >= 0.6 is 0 Å². The summed E-state index contributed by atoms with van der Waals surface area (Å²) in [6.07, 6.45) is 3.17. The van der Waals surface area contributed by atoms with Crippen molar-refractivity contribution in [2.24, 2.45) is 13.0 Å². The predicted octanol–water partition coefficient (Wildman–Crippen LogP) is 4.22. The van der Waals surface area contributed by atoms with E-state index in [9.17, 15) is 4.39 Å². The first-order chi connectivity index (χ1) is 16.0. The average molecular weight is 447 g/mol. The zero-order chi connectivity index (χ0) is 22.9. The van der Waals surface area contributed by atoms with Crippen LogP contribution < -0.4 is 15.4 Å². The number of benzene rings is 2. The Morgan fingerprint density at radius 3 is 2.55 bits per heavy atom. The molecule has 5 rings (SSSR count). The van der Waals surface area contributed by atoms with E-state index in [4.69, 9.17) is 20.4 Å². The Hall–Kier alpha value is -3.68. The molecule has 0 saturated carbocycles. The molecule has 4 aromatic rings. The molecule has 33 heavy (non-hydrogen) atoms. The fourth-order valence-electron chi connectivity index (χ4n) is 4.54. The quantitative estimate of drug-likeness (QED) is 0.494. The monoisotopic (exact) mass is 446 g/mol. The Balaban J connectivity index is 1.46. The van der Waals surface area contributed by atoms with Crippen LogP contribution in [0.3, 0.4) is 0 Å². The van der Waals surface area contributed by atoms with Crippen molar-refractivity contribution in [1.29, 1.82) is 0 Å². The van der Waals surface area contributed by atoms with Gasteiger partial charge in [0.15, 0.2) is 5.65 Å². The van der Waals surface area contributed by atoms with Crippen LogP contribution in [0.2, 0.25) is 0 Å². The molecule has 8 heteroatoms. The molecule has 1 fully saturated rings. The number of ether oxygens (including phenoxy) is 1. The van der Waals surface area contributed by atoms with Crippen LogP contribution in [0.1, 0.15) is 18.4 Å². The van der Waals surface area contributed by atoms with E-state index in [-0.39, 0.29) is 0 Å². The molecule has 0 spiro atoms. The van der Waals surface area contributed by atoms with Crippen molar-refractivity contribution in [2.45, 2.75) is 19.3 Å². The standard InChI is InChI=1S/C25H27FN6O/c1-31-23(27)21-22(19-9-8-18(33-2)15-20(19)26)28-25(29-24(21)30-31)32-12-10-17(11-13-32)14-16-6-4-3-5-7-16/h3-9,15,17H,10-14,27H2,1-2H3. The van der Waals surface area contributed by atoms with E-state index in [1.165, 1.54) is 18.7 Å². The molecular formula is C25H27FN6O.